The highest BCUT2D eigenvalue weighted by molar-refractivity contribution is 9.10. The first-order chi connectivity index (χ1) is 11.5. The SMILES string of the molecule is O=C(O)c1ccc(CN(CC2CC2)C(=O)c2ccc(Br)cn2)cc1. The van der Waals surface area contributed by atoms with Crippen LogP contribution in [0.25, 0.3) is 0 Å². The number of carboxylic acids is 1. The van der Waals surface area contributed by atoms with Gasteiger partial charge in [0.05, 0.1) is 5.56 Å². The number of aromatic nitrogens is 1. The molecular weight excluding hydrogens is 372 g/mol. The number of pyridine rings is 1. The Labute approximate surface area is 148 Å². The second-order valence-electron chi connectivity index (χ2n) is 5.99. The lowest BCUT2D eigenvalue weighted by molar-refractivity contribution is 0.0693. The van der Waals surface area contributed by atoms with Crippen LogP contribution in [0.1, 0.15) is 39.3 Å². The number of hydrogen-bond donors (Lipinski definition) is 1. The van der Waals surface area contributed by atoms with Crippen LogP contribution in [0.15, 0.2) is 47.1 Å². The molecule has 0 unspecified atom stereocenters. The van der Waals surface area contributed by atoms with Crippen LogP contribution in [0.2, 0.25) is 0 Å². The van der Waals surface area contributed by atoms with Gasteiger partial charge in [0.15, 0.2) is 0 Å². The summed E-state index contributed by atoms with van der Waals surface area (Å²) in [6, 6.07) is 10.2. The van der Waals surface area contributed by atoms with Crippen LogP contribution in [-0.2, 0) is 6.54 Å². The molecular formula is C18H17BrN2O3. The number of amides is 1. The summed E-state index contributed by atoms with van der Waals surface area (Å²) in [6.45, 7) is 1.16. The van der Waals surface area contributed by atoms with Crippen molar-refractivity contribution in [2.24, 2.45) is 5.92 Å². The van der Waals surface area contributed by atoms with Crippen LogP contribution in [0, 0.1) is 5.92 Å². The number of rotatable bonds is 6. The molecule has 1 heterocycles. The molecule has 3 rings (SSSR count). The van der Waals surface area contributed by atoms with Gasteiger partial charge in [0.1, 0.15) is 5.69 Å². The minimum atomic E-state index is -0.952. The van der Waals surface area contributed by atoms with Gasteiger partial charge in [0, 0.05) is 23.8 Å². The molecule has 1 amide bonds. The molecule has 24 heavy (non-hydrogen) atoms. The van der Waals surface area contributed by atoms with E-state index in [0.29, 0.717) is 24.7 Å². The summed E-state index contributed by atoms with van der Waals surface area (Å²) in [7, 11) is 0. The Morgan fingerprint density at radius 1 is 1.17 bits per heavy atom. The predicted molar refractivity (Wildman–Crippen MR) is 92.8 cm³/mol. The summed E-state index contributed by atoms with van der Waals surface area (Å²) in [5, 5.41) is 8.97. The van der Waals surface area contributed by atoms with E-state index < -0.39 is 5.97 Å². The zero-order chi connectivity index (χ0) is 17.1. The molecule has 124 valence electrons. The molecule has 1 aromatic heterocycles. The van der Waals surface area contributed by atoms with E-state index in [-0.39, 0.29) is 11.5 Å². The van der Waals surface area contributed by atoms with Gasteiger partial charge in [-0.2, -0.15) is 0 Å². The van der Waals surface area contributed by atoms with Gasteiger partial charge in [-0.1, -0.05) is 12.1 Å². The first-order valence-electron chi connectivity index (χ1n) is 7.76. The molecule has 1 saturated carbocycles. The Morgan fingerprint density at radius 2 is 1.88 bits per heavy atom. The summed E-state index contributed by atoms with van der Waals surface area (Å²) in [6.07, 6.45) is 3.91. The van der Waals surface area contributed by atoms with E-state index in [2.05, 4.69) is 20.9 Å². The molecule has 0 spiro atoms. The zero-order valence-corrected chi connectivity index (χ0v) is 14.6. The van der Waals surface area contributed by atoms with Crippen molar-refractivity contribution >= 4 is 27.8 Å². The van der Waals surface area contributed by atoms with Crippen molar-refractivity contribution in [3.63, 3.8) is 0 Å². The molecule has 6 heteroatoms. The molecule has 0 radical (unpaired) electrons. The second kappa shape index (κ2) is 7.13. The van der Waals surface area contributed by atoms with Gasteiger partial charge >= 0.3 is 5.97 Å². The first-order valence-corrected chi connectivity index (χ1v) is 8.55. The normalized spacial score (nSPS) is 13.5. The van der Waals surface area contributed by atoms with Crippen LogP contribution in [0.3, 0.4) is 0 Å². The number of benzene rings is 1. The third kappa shape index (κ3) is 4.20. The maximum atomic E-state index is 12.8. The fourth-order valence-corrected chi connectivity index (χ4v) is 2.70. The smallest absolute Gasteiger partial charge is 0.335 e. The number of nitrogens with zero attached hydrogens (tertiary/aromatic N) is 2. The lowest BCUT2D eigenvalue weighted by Crippen LogP contribution is -2.33. The highest BCUT2D eigenvalue weighted by atomic mass is 79.9. The molecule has 1 N–H and O–H groups in total. The van der Waals surface area contributed by atoms with E-state index in [1.165, 1.54) is 0 Å². The lowest BCUT2D eigenvalue weighted by atomic mass is 10.1. The molecule has 0 saturated heterocycles. The number of hydrogen-bond acceptors (Lipinski definition) is 3. The highest BCUT2D eigenvalue weighted by Gasteiger charge is 2.27. The Bertz CT molecular complexity index is 740. The van der Waals surface area contributed by atoms with Crippen molar-refractivity contribution in [3.05, 3.63) is 63.9 Å². The molecule has 1 aromatic carbocycles. The van der Waals surface area contributed by atoms with E-state index in [1.807, 2.05) is 0 Å². The van der Waals surface area contributed by atoms with E-state index in [0.717, 1.165) is 22.9 Å². The molecule has 1 fully saturated rings. The zero-order valence-electron chi connectivity index (χ0n) is 13.0. The fraction of sp³-hybridized carbons (Fsp3) is 0.278. The minimum absolute atomic E-state index is 0.100. The van der Waals surface area contributed by atoms with Gasteiger partial charge in [-0.05, 0) is 64.5 Å². The Balaban J connectivity index is 1.76. The number of halogens is 1. The van der Waals surface area contributed by atoms with Crippen molar-refractivity contribution in [2.75, 3.05) is 6.54 Å². The molecule has 1 aliphatic carbocycles. The summed E-state index contributed by atoms with van der Waals surface area (Å²) >= 11 is 3.32. The maximum Gasteiger partial charge on any atom is 0.335 e. The van der Waals surface area contributed by atoms with Crippen LogP contribution in [0.4, 0.5) is 0 Å². The summed E-state index contributed by atoms with van der Waals surface area (Å²) in [4.78, 5) is 29.7. The van der Waals surface area contributed by atoms with Crippen molar-refractivity contribution < 1.29 is 14.7 Å². The molecule has 1 aliphatic rings. The van der Waals surface area contributed by atoms with Gasteiger partial charge in [-0.3, -0.25) is 4.79 Å². The number of carbonyl (C=O) groups excluding carboxylic acids is 1. The molecule has 0 aliphatic heterocycles. The largest absolute Gasteiger partial charge is 0.478 e. The quantitative estimate of drug-likeness (QED) is 0.820. The average molecular weight is 389 g/mol. The van der Waals surface area contributed by atoms with Crippen molar-refractivity contribution in [2.45, 2.75) is 19.4 Å². The predicted octanol–water partition coefficient (Wildman–Crippen LogP) is 3.59. The van der Waals surface area contributed by atoms with E-state index in [1.54, 1.807) is 47.5 Å². The van der Waals surface area contributed by atoms with E-state index >= 15 is 0 Å². The summed E-state index contributed by atoms with van der Waals surface area (Å²) in [5.74, 6) is -0.495. The van der Waals surface area contributed by atoms with E-state index in [4.69, 9.17) is 5.11 Å². The lowest BCUT2D eigenvalue weighted by Gasteiger charge is -2.22. The van der Waals surface area contributed by atoms with Crippen molar-refractivity contribution in [3.8, 4) is 0 Å². The van der Waals surface area contributed by atoms with Crippen molar-refractivity contribution in [1.82, 2.24) is 9.88 Å². The topological polar surface area (TPSA) is 70.5 Å². The molecule has 2 aromatic rings. The second-order valence-corrected chi connectivity index (χ2v) is 6.91. The van der Waals surface area contributed by atoms with Crippen LogP contribution < -0.4 is 0 Å². The summed E-state index contributed by atoms with van der Waals surface area (Å²) in [5.41, 5.74) is 1.57. The van der Waals surface area contributed by atoms with Gasteiger partial charge in [-0.25, -0.2) is 9.78 Å². The van der Waals surface area contributed by atoms with Crippen LogP contribution in [0.5, 0.6) is 0 Å². The number of carboxylic acid groups (broad SMARTS) is 1. The van der Waals surface area contributed by atoms with Gasteiger partial charge in [0.25, 0.3) is 5.91 Å². The van der Waals surface area contributed by atoms with Gasteiger partial charge in [-0.15, -0.1) is 0 Å². The monoisotopic (exact) mass is 388 g/mol. The third-order valence-electron chi connectivity index (χ3n) is 3.98. The minimum Gasteiger partial charge on any atom is -0.478 e. The molecule has 5 nitrogen and oxygen atoms in total. The Morgan fingerprint density at radius 3 is 2.42 bits per heavy atom. The number of carbonyl (C=O) groups is 2. The molecule has 0 bridgehead atoms. The van der Waals surface area contributed by atoms with Gasteiger partial charge < -0.3 is 10.0 Å². The number of aromatic carboxylic acids is 1. The highest BCUT2D eigenvalue weighted by Crippen LogP contribution is 2.30. The molecule has 0 atom stereocenters. The Hall–Kier alpha value is -2.21. The fourth-order valence-electron chi connectivity index (χ4n) is 2.47. The standard InChI is InChI=1S/C18H17BrN2O3/c19-15-7-8-16(20-9-15)17(22)21(10-12-1-2-12)11-13-3-5-14(6-4-13)18(23)24/h3-9,12H,1-2,10-11H2,(H,23,24). The van der Waals surface area contributed by atoms with Gasteiger partial charge in [0.2, 0.25) is 0 Å². The van der Waals surface area contributed by atoms with Crippen LogP contribution in [-0.4, -0.2) is 33.4 Å². The average Bonchev–Trinajstić information content (AvgIpc) is 3.39. The first kappa shape index (κ1) is 16.6. The van der Waals surface area contributed by atoms with Crippen LogP contribution >= 0.6 is 15.9 Å². The Kier molecular flexibility index (Phi) is 4.94. The van der Waals surface area contributed by atoms with Crippen molar-refractivity contribution in [1.29, 1.82) is 0 Å². The summed E-state index contributed by atoms with van der Waals surface area (Å²) < 4.78 is 0.831. The third-order valence-corrected chi connectivity index (χ3v) is 4.45. The maximum absolute atomic E-state index is 12.8. The van der Waals surface area contributed by atoms with E-state index in [9.17, 15) is 9.59 Å².